The average Bonchev–Trinajstić information content (AvgIpc) is 2.48. The number of rotatable bonds is 5. The minimum absolute atomic E-state index is 0.175. The fourth-order valence-electron chi connectivity index (χ4n) is 2.00. The maximum Gasteiger partial charge on any atom is 0.222 e. The maximum atomic E-state index is 6.20. The molecule has 0 radical (unpaired) electrons. The number of hydrogen-bond donors (Lipinski definition) is 2. The van der Waals surface area contributed by atoms with Crippen LogP contribution in [-0.4, -0.2) is 24.1 Å². The number of halogens is 1. The van der Waals surface area contributed by atoms with Gasteiger partial charge in [-0.05, 0) is 12.0 Å². The SMILES string of the molecule is CNc1nc(N)ncc1Oc1cc(Cl)c(OC)cc1C(C)C. The van der Waals surface area contributed by atoms with E-state index in [1.54, 1.807) is 20.2 Å². The fourth-order valence-corrected chi connectivity index (χ4v) is 2.23. The molecule has 0 saturated heterocycles. The van der Waals surface area contributed by atoms with Crippen LogP contribution in [0.5, 0.6) is 17.2 Å². The molecule has 0 bridgehead atoms. The van der Waals surface area contributed by atoms with E-state index in [1.807, 2.05) is 6.07 Å². The van der Waals surface area contributed by atoms with Gasteiger partial charge >= 0.3 is 0 Å². The molecule has 1 aromatic carbocycles. The molecule has 6 nitrogen and oxygen atoms in total. The largest absolute Gasteiger partial charge is 0.495 e. The summed E-state index contributed by atoms with van der Waals surface area (Å²) in [6.45, 7) is 4.13. The molecule has 0 saturated carbocycles. The van der Waals surface area contributed by atoms with Crippen molar-refractivity contribution in [3.63, 3.8) is 0 Å². The van der Waals surface area contributed by atoms with Gasteiger partial charge in [0, 0.05) is 18.7 Å². The molecule has 1 aromatic heterocycles. The lowest BCUT2D eigenvalue weighted by Gasteiger charge is -2.17. The Bertz CT molecular complexity index is 677. The quantitative estimate of drug-likeness (QED) is 0.873. The second-order valence-electron chi connectivity index (χ2n) is 4.97. The minimum Gasteiger partial charge on any atom is -0.495 e. The zero-order valence-corrected chi connectivity index (χ0v) is 13.7. The predicted molar refractivity (Wildman–Crippen MR) is 88.2 cm³/mol. The lowest BCUT2D eigenvalue weighted by molar-refractivity contribution is 0.411. The molecule has 2 aromatic rings. The highest BCUT2D eigenvalue weighted by molar-refractivity contribution is 6.32. The monoisotopic (exact) mass is 322 g/mol. The van der Waals surface area contributed by atoms with E-state index >= 15 is 0 Å². The molecular weight excluding hydrogens is 304 g/mol. The van der Waals surface area contributed by atoms with Gasteiger partial charge in [-0.15, -0.1) is 0 Å². The molecule has 0 amide bonds. The number of hydrogen-bond acceptors (Lipinski definition) is 6. The lowest BCUT2D eigenvalue weighted by atomic mass is 10.0. The van der Waals surface area contributed by atoms with Crippen LogP contribution in [0, 0.1) is 0 Å². The van der Waals surface area contributed by atoms with Gasteiger partial charge in [-0.2, -0.15) is 4.98 Å². The topological polar surface area (TPSA) is 82.3 Å². The van der Waals surface area contributed by atoms with Gasteiger partial charge < -0.3 is 20.5 Å². The molecule has 0 aliphatic carbocycles. The Morgan fingerprint density at radius 2 is 1.95 bits per heavy atom. The van der Waals surface area contributed by atoms with Crippen molar-refractivity contribution in [3.8, 4) is 17.2 Å². The zero-order chi connectivity index (χ0) is 16.3. The third kappa shape index (κ3) is 3.33. The predicted octanol–water partition coefficient (Wildman–Crippen LogP) is 3.68. The second-order valence-corrected chi connectivity index (χ2v) is 5.38. The third-order valence-electron chi connectivity index (χ3n) is 3.14. The van der Waals surface area contributed by atoms with E-state index in [1.165, 1.54) is 6.20 Å². The minimum atomic E-state index is 0.175. The average molecular weight is 323 g/mol. The smallest absolute Gasteiger partial charge is 0.222 e. The highest BCUT2D eigenvalue weighted by Crippen LogP contribution is 2.39. The van der Waals surface area contributed by atoms with Crippen LogP contribution < -0.4 is 20.5 Å². The summed E-state index contributed by atoms with van der Waals surface area (Å²) in [5.74, 6) is 2.63. The van der Waals surface area contributed by atoms with Gasteiger partial charge in [-0.3, -0.25) is 0 Å². The van der Waals surface area contributed by atoms with Gasteiger partial charge in [0.1, 0.15) is 11.5 Å². The van der Waals surface area contributed by atoms with Crippen LogP contribution in [0.3, 0.4) is 0 Å². The molecule has 0 spiro atoms. The highest BCUT2D eigenvalue weighted by atomic mass is 35.5. The molecule has 0 aliphatic rings. The molecule has 7 heteroatoms. The summed E-state index contributed by atoms with van der Waals surface area (Å²) in [6.07, 6.45) is 1.52. The Balaban J connectivity index is 2.47. The molecule has 0 fully saturated rings. The number of nitrogens with one attached hydrogen (secondary N) is 1. The Hall–Kier alpha value is -2.21. The molecule has 2 rings (SSSR count). The van der Waals surface area contributed by atoms with Gasteiger partial charge in [-0.1, -0.05) is 25.4 Å². The Kier molecular flexibility index (Phi) is 4.92. The van der Waals surface area contributed by atoms with Crippen molar-refractivity contribution >= 4 is 23.4 Å². The van der Waals surface area contributed by atoms with Crippen LogP contribution >= 0.6 is 11.6 Å². The van der Waals surface area contributed by atoms with Gasteiger partial charge in [0.25, 0.3) is 0 Å². The van der Waals surface area contributed by atoms with Gasteiger partial charge in [0.05, 0.1) is 18.3 Å². The van der Waals surface area contributed by atoms with Crippen molar-refractivity contribution in [1.29, 1.82) is 0 Å². The number of aromatic nitrogens is 2. The molecule has 22 heavy (non-hydrogen) atoms. The maximum absolute atomic E-state index is 6.20. The number of nitrogen functional groups attached to an aromatic ring is 1. The fraction of sp³-hybridized carbons (Fsp3) is 0.333. The van der Waals surface area contributed by atoms with Crippen LogP contribution in [0.25, 0.3) is 0 Å². The molecule has 1 heterocycles. The summed E-state index contributed by atoms with van der Waals surface area (Å²) in [5.41, 5.74) is 6.55. The van der Waals surface area contributed by atoms with Crippen molar-refractivity contribution in [2.75, 3.05) is 25.2 Å². The van der Waals surface area contributed by atoms with Gasteiger partial charge in [0.2, 0.25) is 5.95 Å². The van der Waals surface area contributed by atoms with Gasteiger partial charge in [-0.25, -0.2) is 4.98 Å². The summed E-state index contributed by atoms with van der Waals surface area (Å²) in [5, 5.41) is 3.40. The summed E-state index contributed by atoms with van der Waals surface area (Å²) in [7, 11) is 3.32. The molecule has 0 aliphatic heterocycles. The second kappa shape index (κ2) is 6.70. The van der Waals surface area contributed by atoms with Crippen molar-refractivity contribution in [3.05, 3.63) is 28.9 Å². The lowest BCUT2D eigenvalue weighted by Crippen LogP contribution is -2.03. The van der Waals surface area contributed by atoms with Crippen LogP contribution in [-0.2, 0) is 0 Å². The molecule has 118 valence electrons. The van der Waals surface area contributed by atoms with E-state index < -0.39 is 0 Å². The van der Waals surface area contributed by atoms with Crippen LogP contribution in [0.2, 0.25) is 5.02 Å². The Labute approximate surface area is 134 Å². The highest BCUT2D eigenvalue weighted by Gasteiger charge is 2.16. The Morgan fingerprint density at radius 3 is 2.55 bits per heavy atom. The van der Waals surface area contributed by atoms with E-state index in [0.29, 0.717) is 28.1 Å². The Morgan fingerprint density at radius 1 is 1.23 bits per heavy atom. The first-order valence-electron chi connectivity index (χ1n) is 6.81. The number of benzene rings is 1. The first kappa shape index (κ1) is 16.2. The van der Waals surface area contributed by atoms with Crippen LogP contribution in [0.1, 0.15) is 25.3 Å². The number of nitrogens with two attached hydrogens (primary N) is 1. The molecule has 0 atom stereocenters. The number of anilines is 2. The van der Waals surface area contributed by atoms with E-state index in [-0.39, 0.29) is 11.9 Å². The number of methoxy groups -OCH3 is 1. The standard InChI is InChI=1S/C15H19ClN4O2/c1-8(2)9-5-12(21-4)10(16)6-11(9)22-13-7-19-15(17)20-14(13)18-3/h5-8H,1-4H3,(H3,17,18,19,20). The molecule has 3 N–H and O–H groups in total. The molecule has 0 unspecified atom stereocenters. The zero-order valence-electron chi connectivity index (χ0n) is 13.0. The van der Waals surface area contributed by atoms with E-state index in [0.717, 1.165) is 5.56 Å². The van der Waals surface area contributed by atoms with Crippen molar-refractivity contribution in [2.45, 2.75) is 19.8 Å². The van der Waals surface area contributed by atoms with Gasteiger partial charge in [0.15, 0.2) is 11.6 Å². The first-order chi connectivity index (χ1) is 10.5. The number of nitrogens with zero attached hydrogens (tertiary/aromatic N) is 2. The van der Waals surface area contributed by atoms with E-state index in [4.69, 9.17) is 26.8 Å². The van der Waals surface area contributed by atoms with Crippen LogP contribution in [0.4, 0.5) is 11.8 Å². The van der Waals surface area contributed by atoms with E-state index in [2.05, 4.69) is 29.1 Å². The van der Waals surface area contributed by atoms with E-state index in [9.17, 15) is 0 Å². The summed E-state index contributed by atoms with van der Waals surface area (Å²) >= 11 is 6.20. The van der Waals surface area contributed by atoms with Crippen molar-refractivity contribution < 1.29 is 9.47 Å². The molecular formula is C15H19ClN4O2. The van der Waals surface area contributed by atoms with Crippen LogP contribution in [0.15, 0.2) is 18.3 Å². The van der Waals surface area contributed by atoms with Crippen molar-refractivity contribution in [1.82, 2.24) is 9.97 Å². The summed E-state index contributed by atoms with van der Waals surface area (Å²) in [6, 6.07) is 3.60. The normalized spacial score (nSPS) is 10.6. The van der Waals surface area contributed by atoms with Crippen molar-refractivity contribution in [2.24, 2.45) is 0 Å². The number of ether oxygens (including phenoxy) is 2. The summed E-state index contributed by atoms with van der Waals surface area (Å²) in [4.78, 5) is 8.05. The third-order valence-corrected chi connectivity index (χ3v) is 3.43. The first-order valence-corrected chi connectivity index (χ1v) is 7.19. The summed E-state index contributed by atoms with van der Waals surface area (Å²) < 4.78 is 11.2.